The van der Waals surface area contributed by atoms with Crippen molar-refractivity contribution in [2.75, 3.05) is 6.54 Å². The monoisotopic (exact) mass is 241 g/mol. The fraction of sp³-hybridized carbons (Fsp3) is 0.417. The van der Waals surface area contributed by atoms with Crippen LogP contribution in [-0.2, 0) is 0 Å². The lowest BCUT2D eigenvalue weighted by molar-refractivity contribution is 0.0947. The maximum Gasteiger partial charge on any atom is 0.251 e. The minimum absolute atomic E-state index is 0.185. The molecule has 1 rings (SSSR count). The summed E-state index contributed by atoms with van der Waals surface area (Å²) in [6, 6.07) is 4.14. The van der Waals surface area contributed by atoms with Gasteiger partial charge in [-0.1, -0.05) is 20.3 Å². The number of rotatable bonds is 4. The fourth-order valence-corrected chi connectivity index (χ4v) is 1.38. The molecule has 1 amide bonds. The van der Waals surface area contributed by atoms with Crippen LogP contribution in [0.1, 0.15) is 30.6 Å². The van der Waals surface area contributed by atoms with E-state index >= 15 is 0 Å². The molecule has 0 fully saturated rings. The van der Waals surface area contributed by atoms with Crippen molar-refractivity contribution in [3.8, 4) is 0 Å². The molecule has 0 saturated heterocycles. The summed E-state index contributed by atoms with van der Waals surface area (Å²) >= 11 is 3.93. The number of carbonyl (C=O) groups is 1. The van der Waals surface area contributed by atoms with E-state index in [9.17, 15) is 9.18 Å². The molecule has 1 aromatic carbocycles. The quantitative estimate of drug-likeness (QED) is 0.780. The number of amides is 1. The summed E-state index contributed by atoms with van der Waals surface area (Å²) in [5, 5.41) is 2.80. The third kappa shape index (κ3) is 3.52. The average Bonchev–Trinajstić information content (AvgIpc) is 2.29. The van der Waals surface area contributed by atoms with Gasteiger partial charge in [-0.05, 0) is 24.1 Å². The molecule has 0 radical (unpaired) electrons. The number of nitrogens with one attached hydrogen (secondary N) is 1. The van der Waals surface area contributed by atoms with Crippen molar-refractivity contribution in [2.24, 2.45) is 5.92 Å². The first-order chi connectivity index (χ1) is 7.54. The Kier molecular flexibility index (Phi) is 4.80. The van der Waals surface area contributed by atoms with Crippen LogP contribution in [0.3, 0.4) is 0 Å². The summed E-state index contributed by atoms with van der Waals surface area (Å²) in [4.78, 5) is 11.9. The van der Waals surface area contributed by atoms with Crippen LogP contribution in [0.15, 0.2) is 23.1 Å². The molecule has 1 atom stereocenters. The molecule has 16 heavy (non-hydrogen) atoms. The fourth-order valence-electron chi connectivity index (χ4n) is 1.17. The smallest absolute Gasteiger partial charge is 0.251 e. The van der Waals surface area contributed by atoms with Gasteiger partial charge in [0.15, 0.2) is 0 Å². The molecule has 1 unspecified atom stereocenters. The zero-order chi connectivity index (χ0) is 12.1. The molecule has 4 heteroatoms. The number of benzene rings is 1. The Morgan fingerprint density at radius 2 is 2.25 bits per heavy atom. The first kappa shape index (κ1) is 13.0. The summed E-state index contributed by atoms with van der Waals surface area (Å²) in [6.07, 6.45) is 1.02. The Labute approximate surface area is 101 Å². The van der Waals surface area contributed by atoms with Crippen LogP contribution in [0, 0.1) is 11.7 Å². The zero-order valence-corrected chi connectivity index (χ0v) is 10.4. The zero-order valence-electron chi connectivity index (χ0n) is 9.46. The number of carbonyl (C=O) groups excluding carboxylic acids is 1. The molecule has 0 aliphatic heterocycles. The number of hydrogen-bond donors (Lipinski definition) is 2. The van der Waals surface area contributed by atoms with Crippen molar-refractivity contribution in [1.29, 1.82) is 0 Å². The molecule has 0 aliphatic rings. The molecule has 1 N–H and O–H groups in total. The van der Waals surface area contributed by atoms with Crippen LogP contribution in [-0.4, -0.2) is 12.5 Å². The van der Waals surface area contributed by atoms with E-state index < -0.39 is 5.82 Å². The van der Waals surface area contributed by atoms with E-state index in [0.717, 1.165) is 6.42 Å². The Morgan fingerprint density at radius 3 is 2.81 bits per heavy atom. The molecular weight excluding hydrogens is 225 g/mol. The lowest BCUT2D eigenvalue weighted by Gasteiger charge is -2.10. The second kappa shape index (κ2) is 5.89. The molecule has 2 nitrogen and oxygen atoms in total. The average molecular weight is 241 g/mol. The summed E-state index contributed by atoms with van der Waals surface area (Å²) in [5.41, 5.74) is 0.440. The Bertz CT molecular complexity index is 381. The highest BCUT2D eigenvalue weighted by Gasteiger charge is 2.08. The van der Waals surface area contributed by atoms with Gasteiger partial charge in [-0.15, -0.1) is 12.6 Å². The Hall–Kier alpha value is -1.03. The number of hydrogen-bond acceptors (Lipinski definition) is 2. The van der Waals surface area contributed by atoms with Gasteiger partial charge in [0.2, 0.25) is 0 Å². The van der Waals surface area contributed by atoms with E-state index in [2.05, 4.69) is 31.8 Å². The second-order valence-electron chi connectivity index (χ2n) is 3.89. The van der Waals surface area contributed by atoms with Crippen LogP contribution in [0.2, 0.25) is 0 Å². The van der Waals surface area contributed by atoms with Crippen molar-refractivity contribution in [2.45, 2.75) is 25.2 Å². The minimum atomic E-state index is -0.415. The van der Waals surface area contributed by atoms with Crippen LogP contribution in [0.5, 0.6) is 0 Å². The molecule has 0 heterocycles. The van der Waals surface area contributed by atoms with Gasteiger partial charge in [0.05, 0.1) is 0 Å². The highest BCUT2D eigenvalue weighted by Crippen LogP contribution is 2.14. The second-order valence-corrected chi connectivity index (χ2v) is 4.37. The predicted molar refractivity (Wildman–Crippen MR) is 65.4 cm³/mol. The Balaban J connectivity index is 2.63. The first-order valence-corrected chi connectivity index (χ1v) is 5.76. The standard InChI is InChI=1S/C12H16FNOS/c1-3-8(2)7-14-12(15)9-4-5-10(13)11(16)6-9/h4-6,8,16H,3,7H2,1-2H3,(H,14,15). The van der Waals surface area contributed by atoms with Gasteiger partial charge in [0.1, 0.15) is 5.82 Å². The highest BCUT2D eigenvalue weighted by atomic mass is 32.1. The van der Waals surface area contributed by atoms with Gasteiger partial charge >= 0.3 is 0 Å². The van der Waals surface area contributed by atoms with Gasteiger partial charge in [-0.25, -0.2) is 4.39 Å². The van der Waals surface area contributed by atoms with Gasteiger partial charge in [-0.3, -0.25) is 4.79 Å². The van der Waals surface area contributed by atoms with Crippen molar-refractivity contribution < 1.29 is 9.18 Å². The molecular formula is C12H16FNOS. The van der Waals surface area contributed by atoms with Crippen molar-refractivity contribution in [3.63, 3.8) is 0 Å². The Morgan fingerprint density at radius 1 is 1.56 bits per heavy atom. The lowest BCUT2D eigenvalue weighted by atomic mass is 10.1. The molecule has 0 aromatic heterocycles. The van der Waals surface area contributed by atoms with E-state index in [1.165, 1.54) is 18.2 Å². The number of thiol groups is 1. The topological polar surface area (TPSA) is 29.1 Å². The summed E-state index contributed by atoms with van der Waals surface area (Å²) in [6.45, 7) is 4.77. The molecule has 88 valence electrons. The summed E-state index contributed by atoms with van der Waals surface area (Å²) < 4.78 is 12.9. The predicted octanol–water partition coefficient (Wildman–Crippen LogP) is 2.89. The van der Waals surface area contributed by atoms with Gasteiger partial charge in [0, 0.05) is 17.0 Å². The third-order valence-electron chi connectivity index (χ3n) is 2.52. The van der Waals surface area contributed by atoms with E-state index in [0.29, 0.717) is 18.0 Å². The van der Waals surface area contributed by atoms with Crippen molar-refractivity contribution in [1.82, 2.24) is 5.32 Å². The normalized spacial score (nSPS) is 12.2. The molecule has 0 aliphatic carbocycles. The van der Waals surface area contributed by atoms with E-state index in [1.807, 2.05) is 0 Å². The van der Waals surface area contributed by atoms with Gasteiger partial charge in [0.25, 0.3) is 5.91 Å². The maximum atomic E-state index is 12.9. The largest absolute Gasteiger partial charge is 0.352 e. The van der Waals surface area contributed by atoms with Crippen LogP contribution in [0.25, 0.3) is 0 Å². The molecule has 0 saturated carbocycles. The summed E-state index contributed by atoms with van der Waals surface area (Å²) in [7, 11) is 0. The highest BCUT2D eigenvalue weighted by molar-refractivity contribution is 7.80. The number of halogens is 1. The van der Waals surface area contributed by atoms with E-state index in [-0.39, 0.29) is 10.8 Å². The molecule has 0 bridgehead atoms. The molecule has 1 aromatic rings. The lowest BCUT2D eigenvalue weighted by Crippen LogP contribution is -2.28. The van der Waals surface area contributed by atoms with Gasteiger partial charge in [-0.2, -0.15) is 0 Å². The first-order valence-electron chi connectivity index (χ1n) is 5.31. The van der Waals surface area contributed by atoms with Crippen LogP contribution in [0.4, 0.5) is 4.39 Å². The minimum Gasteiger partial charge on any atom is -0.352 e. The van der Waals surface area contributed by atoms with Crippen LogP contribution < -0.4 is 5.32 Å². The summed E-state index contributed by atoms with van der Waals surface area (Å²) in [5.74, 6) is -0.155. The molecule has 0 spiro atoms. The van der Waals surface area contributed by atoms with Crippen LogP contribution >= 0.6 is 12.6 Å². The van der Waals surface area contributed by atoms with Crippen molar-refractivity contribution in [3.05, 3.63) is 29.6 Å². The van der Waals surface area contributed by atoms with Gasteiger partial charge < -0.3 is 5.32 Å². The third-order valence-corrected chi connectivity index (χ3v) is 2.86. The van der Waals surface area contributed by atoms with Crippen molar-refractivity contribution >= 4 is 18.5 Å². The van der Waals surface area contributed by atoms with E-state index in [1.54, 1.807) is 0 Å². The SMILES string of the molecule is CCC(C)CNC(=O)c1ccc(F)c(S)c1. The maximum absolute atomic E-state index is 12.9. The van der Waals surface area contributed by atoms with E-state index in [4.69, 9.17) is 0 Å².